The van der Waals surface area contributed by atoms with Gasteiger partial charge in [0.2, 0.25) is 0 Å². The molecule has 4 nitrogen and oxygen atoms in total. The number of esters is 1. The lowest BCUT2D eigenvalue weighted by Gasteiger charge is -2.20. The first-order valence-corrected chi connectivity index (χ1v) is 9.86. The lowest BCUT2D eigenvalue weighted by Crippen LogP contribution is -2.29. The third kappa shape index (κ3) is 6.40. The van der Waals surface area contributed by atoms with Crippen LogP contribution in [0.5, 0.6) is 5.75 Å². The molecule has 0 aliphatic rings. The fraction of sp³-hybridized carbons (Fsp3) is 0.435. The van der Waals surface area contributed by atoms with Crippen molar-refractivity contribution in [1.82, 2.24) is 4.90 Å². The first kappa shape index (κ1) is 21.0. The summed E-state index contributed by atoms with van der Waals surface area (Å²) < 4.78 is 11.3. The van der Waals surface area contributed by atoms with Gasteiger partial charge in [0.15, 0.2) is 0 Å². The summed E-state index contributed by atoms with van der Waals surface area (Å²) in [5.41, 5.74) is 1.85. The zero-order chi connectivity index (χ0) is 19.5. The van der Waals surface area contributed by atoms with Gasteiger partial charge in [-0.25, -0.2) is 0 Å². The Hall–Kier alpha value is -2.33. The van der Waals surface area contributed by atoms with Crippen molar-refractivity contribution in [2.45, 2.75) is 33.1 Å². The molecule has 0 aromatic heterocycles. The Morgan fingerprint density at radius 3 is 2.11 bits per heavy atom. The van der Waals surface area contributed by atoms with E-state index in [9.17, 15) is 4.79 Å². The van der Waals surface area contributed by atoms with Gasteiger partial charge in [-0.2, -0.15) is 0 Å². The first-order chi connectivity index (χ1) is 13.2. The molecule has 2 aromatic rings. The van der Waals surface area contributed by atoms with Crippen LogP contribution in [0.3, 0.4) is 0 Å². The molecule has 1 atom stereocenters. The molecule has 0 aliphatic carbocycles. The Kier molecular flexibility index (Phi) is 8.85. The third-order valence-corrected chi connectivity index (χ3v) is 4.60. The number of carbonyl (C=O) groups is 1. The number of ether oxygens (including phenoxy) is 2. The predicted molar refractivity (Wildman–Crippen MR) is 109 cm³/mol. The van der Waals surface area contributed by atoms with Crippen LogP contribution < -0.4 is 4.74 Å². The summed E-state index contributed by atoms with van der Waals surface area (Å²) in [6.45, 7) is 10.1. The fourth-order valence-electron chi connectivity index (χ4n) is 2.99. The Bertz CT molecular complexity index is 666. The van der Waals surface area contributed by atoms with Gasteiger partial charge >= 0.3 is 5.97 Å². The zero-order valence-electron chi connectivity index (χ0n) is 16.7. The topological polar surface area (TPSA) is 38.8 Å². The second-order valence-corrected chi connectivity index (χ2v) is 6.46. The summed E-state index contributed by atoms with van der Waals surface area (Å²) in [7, 11) is 0. The molecule has 0 saturated heterocycles. The molecule has 146 valence electrons. The van der Waals surface area contributed by atoms with E-state index in [2.05, 4.69) is 25.7 Å². The number of nitrogens with zero attached hydrogens (tertiary/aromatic N) is 1. The van der Waals surface area contributed by atoms with E-state index in [0.29, 0.717) is 13.2 Å². The average Bonchev–Trinajstić information content (AvgIpc) is 2.71. The quantitative estimate of drug-likeness (QED) is 0.547. The van der Waals surface area contributed by atoms with Gasteiger partial charge in [-0.05, 0) is 42.8 Å². The Labute approximate surface area is 163 Å². The lowest BCUT2D eigenvalue weighted by molar-refractivity contribution is -0.144. The van der Waals surface area contributed by atoms with E-state index in [1.807, 2.05) is 54.6 Å². The van der Waals surface area contributed by atoms with Crippen molar-refractivity contribution in [3.63, 3.8) is 0 Å². The van der Waals surface area contributed by atoms with E-state index >= 15 is 0 Å². The molecule has 4 heteroatoms. The standard InChI is InChI=1S/C23H31NO3/c1-4-17-26-21-14-12-20(13-15-21)22(19-10-8-7-9-11-19)23(25)27-18-16-24(5-2)6-3/h7-15,22H,4-6,16-18H2,1-3H3/t22-/m0/s1. The third-order valence-electron chi connectivity index (χ3n) is 4.60. The molecule has 0 aliphatic heterocycles. The van der Waals surface area contributed by atoms with Crippen molar-refractivity contribution in [2.24, 2.45) is 0 Å². The number of hydrogen-bond donors (Lipinski definition) is 0. The first-order valence-electron chi connectivity index (χ1n) is 9.86. The van der Waals surface area contributed by atoms with Crippen LogP contribution in [0, 0.1) is 0 Å². The van der Waals surface area contributed by atoms with E-state index in [0.717, 1.165) is 42.9 Å². The minimum atomic E-state index is -0.428. The normalized spacial score (nSPS) is 12.0. The van der Waals surface area contributed by atoms with Crippen LogP contribution in [0.25, 0.3) is 0 Å². The minimum absolute atomic E-state index is 0.212. The van der Waals surface area contributed by atoms with Gasteiger partial charge in [0, 0.05) is 6.54 Å². The van der Waals surface area contributed by atoms with Gasteiger partial charge < -0.3 is 14.4 Å². The highest BCUT2D eigenvalue weighted by Crippen LogP contribution is 2.27. The second kappa shape index (κ2) is 11.4. The molecule has 0 radical (unpaired) electrons. The molecule has 27 heavy (non-hydrogen) atoms. The van der Waals surface area contributed by atoms with Gasteiger partial charge in [0.05, 0.1) is 6.61 Å². The summed E-state index contributed by atoms with van der Waals surface area (Å²) in [4.78, 5) is 15.1. The smallest absolute Gasteiger partial charge is 0.317 e. The molecule has 0 saturated carbocycles. The van der Waals surface area contributed by atoms with Gasteiger partial charge in [0.1, 0.15) is 18.3 Å². The molecule has 0 N–H and O–H groups in total. The summed E-state index contributed by atoms with van der Waals surface area (Å²) in [6.07, 6.45) is 0.966. The molecule has 0 heterocycles. The summed E-state index contributed by atoms with van der Waals surface area (Å²) >= 11 is 0. The van der Waals surface area contributed by atoms with E-state index in [1.54, 1.807) is 0 Å². The largest absolute Gasteiger partial charge is 0.494 e. The second-order valence-electron chi connectivity index (χ2n) is 6.46. The van der Waals surface area contributed by atoms with E-state index in [4.69, 9.17) is 9.47 Å². The van der Waals surface area contributed by atoms with Crippen molar-refractivity contribution in [3.8, 4) is 5.75 Å². The fourth-order valence-corrected chi connectivity index (χ4v) is 2.99. The van der Waals surface area contributed by atoms with Crippen LogP contribution in [0.15, 0.2) is 54.6 Å². The molecule has 2 rings (SSSR count). The van der Waals surface area contributed by atoms with Crippen molar-refractivity contribution in [2.75, 3.05) is 32.8 Å². The van der Waals surface area contributed by atoms with Crippen LogP contribution in [-0.2, 0) is 9.53 Å². The number of carbonyl (C=O) groups excluding carboxylic acids is 1. The highest BCUT2D eigenvalue weighted by atomic mass is 16.5. The number of likely N-dealkylation sites (N-methyl/N-ethyl adjacent to an activating group) is 1. The van der Waals surface area contributed by atoms with E-state index in [-0.39, 0.29) is 5.97 Å². The number of benzene rings is 2. The maximum atomic E-state index is 12.9. The average molecular weight is 370 g/mol. The Morgan fingerprint density at radius 1 is 0.889 bits per heavy atom. The molecule has 2 aromatic carbocycles. The van der Waals surface area contributed by atoms with E-state index < -0.39 is 5.92 Å². The van der Waals surface area contributed by atoms with Crippen LogP contribution in [0.1, 0.15) is 44.2 Å². The summed E-state index contributed by atoms with van der Waals surface area (Å²) in [6, 6.07) is 17.5. The van der Waals surface area contributed by atoms with E-state index in [1.165, 1.54) is 0 Å². The molecule has 0 amide bonds. The van der Waals surface area contributed by atoms with Gasteiger partial charge in [-0.3, -0.25) is 4.79 Å². The highest BCUT2D eigenvalue weighted by molar-refractivity contribution is 5.82. The molecular formula is C23H31NO3. The highest BCUT2D eigenvalue weighted by Gasteiger charge is 2.24. The SMILES string of the molecule is CCCOc1ccc([C@@H](C(=O)OCCN(CC)CC)c2ccccc2)cc1. The maximum Gasteiger partial charge on any atom is 0.317 e. The minimum Gasteiger partial charge on any atom is -0.494 e. The predicted octanol–water partition coefficient (Wildman–Crippen LogP) is 4.49. The van der Waals surface area contributed by atoms with Crippen molar-refractivity contribution in [3.05, 3.63) is 65.7 Å². The van der Waals surface area contributed by atoms with Crippen LogP contribution in [-0.4, -0.2) is 43.7 Å². The molecule has 0 bridgehead atoms. The molecule has 0 fully saturated rings. The van der Waals surface area contributed by atoms with Crippen LogP contribution >= 0.6 is 0 Å². The zero-order valence-corrected chi connectivity index (χ0v) is 16.7. The van der Waals surface area contributed by atoms with Crippen LogP contribution in [0.4, 0.5) is 0 Å². The monoisotopic (exact) mass is 369 g/mol. The van der Waals surface area contributed by atoms with Crippen molar-refractivity contribution >= 4 is 5.97 Å². The summed E-state index contributed by atoms with van der Waals surface area (Å²) in [5, 5.41) is 0. The summed E-state index contributed by atoms with van der Waals surface area (Å²) in [5.74, 6) is 0.182. The van der Waals surface area contributed by atoms with Crippen molar-refractivity contribution < 1.29 is 14.3 Å². The molecule has 0 unspecified atom stereocenters. The maximum absolute atomic E-state index is 12.9. The molecule has 0 spiro atoms. The Balaban J connectivity index is 2.13. The van der Waals surface area contributed by atoms with Crippen LogP contribution in [0.2, 0.25) is 0 Å². The van der Waals surface area contributed by atoms with Gasteiger partial charge in [0.25, 0.3) is 0 Å². The van der Waals surface area contributed by atoms with Gasteiger partial charge in [-0.15, -0.1) is 0 Å². The number of hydrogen-bond acceptors (Lipinski definition) is 4. The van der Waals surface area contributed by atoms with Gasteiger partial charge in [-0.1, -0.05) is 63.2 Å². The molecular weight excluding hydrogens is 338 g/mol. The number of rotatable bonds is 11. The van der Waals surface area contributed by atoms with Crippen molar-refractivity contribution in [1.29, 1.82) is 0 Å². The Morgan fingerprint density at radius 2 is 1.52 bits per heavy atom. The lowest BCUT2D eigenvalue weighted by atomic mass is 9.91.